The highest BCUT2D eigenvalue weighted by Crippen LogP contribution is 2.18. The van der Waals surface area contributed by atoms with E-state index in [-0.39, 0.29) is 5.91 Å². The van der Waals surface area contributed by atoms with Gasteiger partial charge in [-0.1, -0.05) is 6.92 Å². The molecule has 0 spiro atoms. The Labute approximate surface area is 118 Å². The number of urea groups is 1. The van der Waals surface area contributed by atoms with Crippen molar-refractivity contribution < 1.29 is 19.5 Å². The van der Waals surface area contributed by atoms with Crippen molar-refractivity contribution in [2.75, 3.05) is 6.54 Å². The van der Waals surface area contributed by atoms with Crippen LogP contribution in [0.5, 0.6) is 0 Å². The maximum absolute atomic E-state index is 11.6. The third-order valence-corrected chi connectivity index (χ3v) is 3.38. The van der Waals surface area contributed by atoms with Crippen LogP contribution in [-0.2, 0) is 9.59 Å². The number of carboxylic acids is 1. The Balaban J connectivity index is 2.15. The van der Waals surface area contributed by atoms with E-state index in [1.807, 2.05) is 0 Å². The summed E-state index contributed by atoms with van der Waals surface area (Å²) in [5, 5.41) is 16.9. The summed E-state index contributed by atoms with van der Waals surface area (Å²) in [6, 6.07) is -0.182. The molecule has 1 rings (SSSR count). The van der Waals surface area contributed by atoms with Crippen LogP contribution < -0.4 is 16.0 Å². The van der Waals surface area contributed by atoms with Gasteiger partial charge in [0, 0.05) is 19.0 Å². The molecule has 1 aliphatic rings. The van der Waals surface area contributed by atoms with Gasteiger partial charge in [-0.05, 0) is 32.6 Å². The van der Waals surface area contributed by atoms with E-state index in [0.29, 0.717) is 31.8 Å². The quantitative estimate of drug-likeness (QED) is 0.490. The van der Waals surface area contributed by atoms with Crippen molar-refractivity contribution >= 4 is 17.9 Å². The number of carbonyl (C=O) groups is 3. The number of carboxylic acid groups (broad SMARTS) is 1. The zero-order valence-electron chi connectivity index (χ0n) is 12.0. The van der Waals surface area contributed by atoms with Crippen LogP contribution in [0.3, 0.4) is 0 Å². The largest absolute Gasteiger partial charge is 0.480 e. The molecule has 4 N–H and O–H groups in total. The van der Waals surface area contributed by atoms with Gasteiger partial charge in [0.1, 0.15) is 5.54 Å². The molecule has 1 atom stereocenters. The minimum Gasteiger partial charge on any atom is -0.480 e. The summed E-state index contributed by atoms with van der Waals surface area (Å²) >= 11 is 0. The van der Waals surface area contributed by atoms with Crippen LogP contribution in [-0.4, -0.2) is 41.1 Å². The Hall–Kier alpha value is -1.79. The summed E-state index contributed by atoms with van der Waals surface area (Å²) in [4.78, 5) is 34.0. The molecule has 1 saturated carbocycles. The maximum atomic E-state index is 11.6. The summed E-state index contributed by atoms with van der Waals surface area (Å²) < 4.78 is 0. The van der Waals surface area contributed by atoms with E-state index in [1.165, 1.54) is 6.92 Å². The van der Waals surface area contributed by atoms with Crippen molar-refractivity contribution in [2.24, 2.45) is 0 Å². The van der Waals surface area contributed by atoms with Crippen molar-refractivity contribution in [3.63, 3.8) is 0 Å². The first-order valence-electron chi connectivity index (χ1n) is 6.96. The first-order valence-corrected chi connectivity index (χ1v) is 6.96. The lowest BCUT2D eigenvalue weighted by molar-refractivity contribution is -0.143. The predicted molar refractivity (Wildman–Crippen MR) is 73.3 cm³/mol. The Bertz CT molecular complexity index is 382. The molecular formula is C13H23N3O4. The molecule has 1 unspecified atom stereocenters. The second-order valence-corrected chi connectivity index (χ2v) is 5.32. The number of hydrogen-bond donors (Lipinski definition) is 4. The predicted octanol–water partition coefficient (Wildman–Crippen LogP) is 0.598. The molecule has 114 valence electrons. The molecule has 3 amide bonds. The van der Waals surface area contributed by atoms with E-state index in [0.717, 1.165) is 12.8 Å². The van der Waals surface area contributed by atoms with Crippen molar-refractivity contribution in [1.82, 2.24) is 16.0 Å². The topological polar surface area (TPSA) is 108 Å². The highest BCUT2D eigenvalue weighted by molar-refractivity contribution is 5.85. The molecular weight excluding hydrogens is 262 g/mol. The molecule has 0 aromatic carbocycles. The maximum Gasteiger partial charge on any atom is 0.329 e. The van der Waals surface area contributed by atoms with E-state index in [1.54, 1.807) is 6.92 Å². The zero-order chi connectivity index (χ0) is 15.2. The molecule has 1 fully saturated rings. The van der Waals surface area contributed by atoms with Gasteiger partial charge in [-0.3, -0.25) is 4.79 Å². The van der Waals surface area contributed by atoms with E-state index >= 15 is 0 Å². The number of nitrogens with one attached hydrogen (secondary N) is 3. The van der Waals surface area contributed by atoms with Gasteiger partial charge in [-0.25, -0.2) is 9.59 Å². The average Bonchev–Trinajstić information content (AvgIpc) is 3.18. The smallest absolute Gasteiger partial charge is 0.329 e. The van der Waals surface area contributed by atoms with Crippen LogP contribution in [0.1, 0.15) is 46.0 Å². The van der Waals surface area contributed by atoms with Crippen molar-refractivity contribution in [1.29, 1.82) is 0 Å². The van der Waals surface area contributed by atoms with Gasteiger partial charge < -0.3 is 21.1 Å². The molecule has 20 heavy (non-hydrogen) atoms. The minimum absolute atomic E-state index is 0.00126. The monoisotopic (exact) mass is 285 g/mol. The van der Waals surface area contributed by atoms with Gasteiger partial charge in [0.15, 0.2) is 0 Å². The lowest BCUT2D eigenvalue weighted by atomic mass is 10.00. The van der Waals surface area contributed by atoms with Gasteiger partial charge in [0.25, 0.3) is 0 Å². The molecule has 0 bridgehead atoms. The third-order valence-electron chi connectivity index (χ3n) is 3.38. The van der Waals surface area contributed by atoms with E-state index in [2.05, 4.69) is 16.0 Å². The zero-order valence-corrected chi connectivity index (χ0v) is 12.0. The Morgan fingerprint density at radius 1 is 1.30 bits per heavy atom. The first-order chi connectivity index (χ1) is 9.37. The SMILES string of the molecule is CCC(C)(NC(=O)NCCCC(=O)NC1CC1)C(=O)O. The lowest BCUT2D eigenvalue weighted by Gasteiger charge is -2.24. The van der Waals surface area contributed by atoms with E-state index < -0.39 is 17.5 Å². The van der Waals surface area contributed by atoms with Crippen molar-refractivity contribution in [3.05, 3.63) is 0 Å². The van der Waals surface area contributed by atoms with Crippen LogP contribution in [0.25, 0.3) is 0 Å². The summed E-state index contributed by atoms with van der Waals surface area (Å²) in [5.74, 6) is -1.07. The fourth-order valence-electron chi connectivity index (χ4n) is 1.57. The van der Waals surface area contributed by atoms with Gasteiger partial charge in [0.2, 0.25) is 5.91 Å². The molecule has 7 heteroatoms. The number of amides is 3. The molecule has 0 aromatic heterocycles. The molecule has 0 saturated heterocycles. The standard InChI is InChI=1S/C13H23N3O4/c1-3-13(2,11(18)19)16-12(20)14-8-4-5-10(17)15-9-6-7-9/h9H,3-8H2,1-2H3,(H,15,17)(H,18,19)(H2,14,16,20). The highest BCUT2D eigenvalue weighted by atomic mass is 16.4. The Morgan fingerprint density at radius 3 is 2.45 bits per heavy atom. The summed E-state index contributed by atoms with van der Waals surface area (Å²) in [7, 11) is 0. The van der Waals surface area contributed by atoms with E-state index in [9.17, 15) is 14.4 Å². The fourth-order valence-corrected chi connectivity index (χ4v) is 1.57. The van der Waals surface area contributed by atoms with Crippen LogP contribution >= 0.6 is 0 Å². The van der Waals surface area contributed by atoms with Crippen molar-refractivity contribution in [2.45, 2.75) is 57.5 Å². The summed E-state index contributed by atoms with van der Waals surface area (Å²) in [5.41, 5.74) is -1.27. The second kappa shape index (κ2) is 7.12. The van der Waals surface area contributed by atoms with Gasteiger partial charge in [-0.2, -0.15) is 0 Å². The van der Waals surface area contributed by atoms with Gasteiger partial charge in [0.05, 0.1) is 0 Å². The minimum atomic E-state index is -1.27. The summed E-state index contributed by atoms with van der Waals surface area (Å²) in [6.45, 7) is 3.48. The number of hydrogen-bond acceptors (Lipinski definition) is 3. The normalized spacial score (nSPS) is 16.9. The summed E-state index contributed by atoms with van der Waals surface area (Å²) in [6.07, 6.45) is 3.29. The Morgan fingerprint density at radius 2 is 1.95 bits per heavy atom. The number of aliphatic carboxylic acids is 1. The van der Waals surface area contributed by atoms with Gasteiger partial charge >= 0.3 is 12.0 Å². The number of rotatable bonds is 8. The molecule has 1 aliphatic carbocycles. The Kier molecular flexibility index (Phi) is 5.79. The molecule has 7 nitrogen and oxygen atoms in total. The molecule has 0 radical (unpaired) electrons. The van der Waals surface area contributed by atoms with Crippen molar-refractivity contribution in [3.8, 4) is 0 Å². The lowest BCUT2D eigenvalue weighted by Crippen LogP contribution is -2.54. The molecule has 0 heterocycles. The molecule has 0 aliphatic heterocycles. The molecule has 0 aromatic rings. The average molecular weight is 285 g/mol. The van der Waals surface area contributed by atoms with Crippen LogP contribution in [0.2, 0.25) is 0 Å². The highest BCUT2D eigenvalue weighted by Gasteiger charge is 2.32. The second-order valence-electron chi connectivity index (χ2n) is 5.32. The van der Waals surface area contributed by atoms with Crippen LogP contribution in [0, 0.1) is 0 Å². The van der Waals surface area contributed by atoms with E-state index in [4.69, 9.17) is 5.11 Å². The number of carbonyl (C=O) groups excluding carboxylic acids is 2. The van der Waals surface area contributed by atoms with Crippen LogP contribution in [0.4, 0.5) is 4.79 Å². The third kappa shape index (κ3) is 5.46. The van der Waals surface area contributed by atoms with Gasteiger partial charge in [-0.15, -0.1) is 0 Å². The van der Waals surface area contributed by atoms with Crippen LogP contribution in [0.15, 0.2) is 0 Å². The first kappa shape index (κ1) is 16.3. The fraction of sp³-hybridized carbons (Fsp3) is 0.769.